The fourth-order valence-electron chi connectivity index (χ4n) is 6.57. The van der Waals surface area contributed by atoms with Crippen LogP contribution in [-0.2, 0) is 17.7 Å². The molecule has 0 unspecified atom stereocenters. The van der Waals surface area contributed by atoms with Crippen molar-refractivity contribution in [3.05, 3.63) is 58.1 Å². The Morgan fingerprint density at radius 1 is 0.974 bits per heavy atom. The van der Waals surface area contributed by atoms with Gasteiger partial charge in [-0.1, -0.05) is 30.3 Å². The molecule has 1 N–H and O–H groups in total. The van der Waals surface area contributed by atoms with Crippen molar-refractivity contribution in [1.82, 2.24) is 14.8 Å². The van der Waals surface area contributed by atoms with Crippen molar-refractivity contribution in [1.29, 1.82) is 0 Å². The van der Waals surface area contributed by atoms with Crippen LogP contribution in [0, 0.1) is 19.3 Å². The lowest BCUT2D eigenvalue weighted by Gasteiger charge is -2.52. The maximum Gasteiger partial charge on any atom is 0.124 e. The predicted octanol–water partition coefficient (Wildman–Crippen LogP) is 5.33. The number of ether oxygens (including phenoxy) is 2. The molecule has 208 valence electrons. The van der Waals surface area contributed by atoms with Gasteiger partial charge in [-0.3, -0.25) is 4.90 Å². The number of aromatic nitrogens is 1. The molecule has 0 bridgehead atoms. The summed E-state index contributed by atoms with van der Waals surface area (Å²) in [5.41, 5.74) is 7.90. The smallest absolute Gasteiger partial charge is 0.124 e. The first-order valence-corrected chi connectivity index (χ1v) is 15.3. The lowest BCUT2D eigenvalue weighted by atomic mass is 9.73. The molecule has 39 heavy (non-hydrogen) atoms. The van der Waals surface area contributed by atoms with Crippen LogP contribution in [0.5, 0.6) is 5.75 Å². The molecule has 3 aliphatic heterocycles. The van der Waals surface area contributed by atoms with Crippen LogP contribution >= 0.6 is 11.3 Å². The lowest BCUT2D eigenvalue weighted by molar-refractivity contribution is -0.0811. The summed E-state index contributed by atoms with van der Waals surface area (Å²) < 4.78 is 11.9. The largest absolute Gasteiger partial charge is 0.493 e. The van der Waals surface area contributed by atoms with Gasteiger partial charge in [0, 0.05) is 74.8 Å². The third-order valence-corrected chi connectivity index (χ3v) is 10.0. The molecule has 3 aromatic rings. The number of aliphatic hydroxyl groups excluding tert-OH is 1. The van der Waals surface area contributed by atoms with Crippen molar-refractivity contribution < 1.29 is 14.6 Å². The van der Waals surface area contributed by atoms with Crippen LogP contribution in [0.4, 0.5) is 0 Å². The van der Waals surface area contributed by atoms with E-state index in [-0.39, 0.29) is 6.61 Å². The number of benzene rings is 2. The van der Waals surface area contributed by atoms with E-state index in [1.165, 1.54) is 64.3 Å². The number of β-amino-alcohol motifs (C(OH)–C–C–N with tert-alkyl or cyclic N) is 1. The van der Waals surface area contributed by atoms with Gasteiger partial charge in [0.1, 0.15) is 10.8 Å². The second-order valence-electron chi connectivity index (χ2n) is 11.6. The molecular formula is C32H41N3O3S. The molecule has 0 aliphatic carbocycles. The Morgan fingerprint density at radius 3 is 2.51 bits per heavy atom. The van der Waals surface area contributed by atoms with Crippen LogP contribution in [-0.4, -0.2) is 79.0 Å². The quantitative estimate of drug-likeness (QED) is 0.366. The number of rotatable bonds is 9. The van der Waals surface area contributed by atoms with Crippen molar-refractivity contribution in [3.8, 4) is 27.4 Å². The maximum absolute atomic E-state index is 9.34. The summed E-state index contributed by atoms with van der Waals surface area (Å²) in [7, 11) is 0. The molecule has 1 aromatic heterocycles. The van der Waals surface area contributed by atoms with Crippen molar-refractivity contribution in [2.24, 2.45) is 5.41 Å². The van der Waals surface area contributed by atoms with Gasteiger partial charge in [0.05, 0.1) is 18.9 Å². The summed E-state index contributed by atoms with van der Waals surface area (Å²) >= 11 is 1.80. The minimum atomic E-state index is 0.208. The van der Waals surface area contributed by atoms with Crippen LogP contribution < -0.4 is 4.74 Å². The number of hydrogen-bond acceptors (Lipinski definition) is 7. The summed E-state index contributed by atoms with van der Waals surface area (Å²) in [5.74, 6) is 0.982. The van der Waals surface area contributed by atoms with Crippen LogP contribution in [0.25, 0.3) is 21.7 Å². The SMILES string of the molecule is Cc1c(OCCCN2CC3(CCOCC3)C2)cccc1-c1cccc(-c2nc3c(s2)CN(CCO)CC3)c1C. The molecule has 2 saturated heterocycles. The minimum absolute atomic E-state index is 0.208. The monoisotopic (exact) mass is 547 g/mol. The van der Waals surface area contributed by atoms with Gasteiger partial charge < -0.3 is 19.5 Å². The number of fused-ring (bicyclic) bond motifs is 1. The fourth-order valence-corrected chi connectivity index (χ4v) is 7.80. The van der Waals surface area contributed by atoms with E-state index in [9.17, 15) is 5.11 Å². The number of thiazole rings is 1. The topological polar surface area (TPSA) is 58.1 Å². The van der Waals surface area contributed by atoms with Gasteiger partial charge in [0.25, 0.3) is 0 Å². The fraction of sp³-hybridized carbons (Fsp3) is 0.531. The van der Waals surface area contributed by atoms with Crippen LogP contribution in [0.1, 0.15) is 41.0 Å². The molecule has 4 heterocycles. The lowest BCUT2D eigenvalue weighted by Crippen LogP contribution is -2.58. The number of nitrogens with zero attached hydrogens (tertiary/aromatic N) is 3. The Bertz CT molecular complexity index is 1290. The molecule has 0 atom stereocenters. The second kappa shape index (κ2) is 11.7. The highest BCUT2D eigenvalue weighted by atomic mass is 32.1. The van der Waals surface area contributed by atoms with Gasteiger partial charge in [-0.2, -0.15) is 0 Å². The molecule has 0 amide bonds. The third kappa shape index (κ3) is 5.66. The molecular weight excluding hydrogens is 506 g/mol. The Morgan fingerprint density at radius 2 is 1.72 bits per heavy atom. The van der Waals surface area contributed by atoms with E-state index in [0.717, 1.165) is 69.6 Å². The summed E-state index contributed by atoms with van der Waals surface area (Å²) in [6.45, 7) is 13.4. The molecule has 6 rings (SSSR count). The van der Waals surface area contributed by atoms with Crippen molar-refractivity contribution in [2.75, 3.05) is 59.2 Å². The Balaban J connectivity index is 1.11. The Kier molecular flexibility index (Phi) is 8.05. The first kappa shape index (κ1) is 26.9. The van der Waals surface area contributed by atoms with E-state index in [0.29, 0.717) is 5.41 Å². The van der Waals surface area contributed by atoms with Gasteiger partial charge in [-0.25, -0.2) is 4.98 Å². The number of hydrogen-bond donors (Lipinski definition) is 1. The van der Waals surface area contributed by atoms with Gasteiger partial charge in [-0.15, -0.1) is 11.3 Å². The summed E-state index contributed by atoms with van der Waals surface area (Å²) in [5, 5.41) is 10.4. The molecule has 2 aromatic carbocycles. The highest BCUT2D eigenvalue weighted by Crippen LogP contribution is 2.40. The van der Waals surface area contributed by atoms with E-state index in [1.807, 2.05) is 0 Å². The first-order valence-electron chi connectivity index (χ1n) is 14.5. The van der Waals surface area contributed by atoms with Gasteiger partial charge in [0.2, 0.25) is 0 Å². The van der Waals surface area contributed by atoms with Gasteiger partial charge in [-0.05, 0) is 61.4 Å². The predicted molar refractivity (Wildman–Crippen MR) is 158 cm³/mol. The van der Waals surface area contributed by atoms with Crippen molar-refractivity contribution in [3.63, 3.8) is 0 Å². The van der Waals surface area contributed by atoms with Crippen molar-refractivity contribution in [2.45, 2.75) is 46.1 Å². The van der Waals surface area contributed by atoms with Crippen LogP contribution in [0.2, 0.25) is 0 Å². The van der Waals surface area contributed by atoms with Crippen molar-refractivity contribution >= 4 is 11.3 Å². The second-order valence-corrected chi connectivity index (χ2v) is 12.7. The molecule has 2 fully saturated rings. The van der Waals surface area contributed by atoms with E-state index in [2.05, 4.69) is 60.0 Å². The molecule has 6 nitrogen and oxygen atoms in total. The van der Waals surface area contributed by atoms with Crippen LogP contribution in [0.3, 0.4) is 0 Å². The van der Waals surface area contributed by atoms with E-state index in [4.69, 9.17) is 14.5 Å². The molecule has 1 spiro atoms. The average Bonchev–Trinajstić information content (AvgIpc) is 3.35. The normalized spacial score (nSPS) is 19.2. The molecule has 0 saturated carbocycles. The summed E-state index contributed by atoms with van der Waals surface area (Å²) in [4.78, 5) is 11.3. The van der Waals surface area contributed by atoms with E-state index >= 15 is 0 Å². The Hall–Kier alpha value is -2.29. The maximum atomic E-state index is 9.34. The summed E-state index contributed by atoms with van der Waals surface area (Å²) in [6.07, 6.45) is 4.45. The van der Waals surface area contributed by atoms with Gasteiger partial charge in [0.15, 0.2) is 0 Å². The molecule has 7 heteroatoms. The minimum Gasteiger partial charge on any atom is -0.493 e. The zero-order chi connectivity index (χ0) is 26.8. The van der Waals surface area contributed by atoms with Crippen LogP contribution in [0.15, 0.2) is 36.4 Å². The zero-order valence-electron chi connectivity index (χ0n) is 23.4. The first-order chi connectivity index (χ1) is 19.0. The van der Waals surface area contributed by atoms with E-state index in [1.54, 1.807) is 11.3 Å². The standard InChI is InChI=1S/C32H41N3O3S/c1-23-25(6-3-8-27(23)31-33-28-10-14-34(15-16-36)20-30(28)39-31)26-7-4-9-29(24(26)2)38-17-5-13-35-21-32(22-35)11-18-37-19-12-32/h3-4,6-9,36H,5,10-22H2,1-2H3. The number of aliphatic hydroxyl groups is 1. The average molecular weight is 548 g/mol. The third-order valence-electron chi connectivity index (χ3n) is 8.91. The highest BCUT2D eigenvalue weighted by Gasteiger charge is 2.43. The molecule has 0 radical (unpaired) electrons. The zero-order valence-corrected chi connectivity index (χ0v) is 24.2. The number of likely N-dealkylation sites (tertiary alicyclic amines) is 1. The van der Waals surface area contributed by atoms with E-state index < -0.39 is 0 Å². The molecule has 3 aliphatic rings. The summed E-state index contributed by atoms with van der Waals surface area (Å²) in [6, 6.07) is 13.0. The highest BCUT2D eigenvalue weighted by molar-refractivity contribution is 7.15. The van der Waals surface area contributed by atoms with Gasteiger partial charge >= 0.3 is 0 Å². The Labute approximate surface area is 236 Å².